The van der Waals surface area contributed by atoms with Crippen LogP contribution >= 0.6 is 0 Å². The Kier molecular flexibility index (Phi) is 4.47. The molecule has 0 saturated heterocycles. The van der Waals surface area contributed by atoms with Crippen LogP contribution in [0.2, 0.25) is 0 Å². The van der Waals surface area contributed by atoms with Gasteiger partial charge in [-0.2, -0.15) is 0 Å². The van der Waals surface area contributed by atoms with Gasteiger partial charge in [-0.05, 0) is 18.6 Å². The summed E-state index contributed by atoms with van der Waals surface area (Å²) in [6.45, 7) is -0.524. The summed E-state index contributed by atoms with van der Waals surface area (Å²) in [4.78, 5) is 23.8. The van der Waals surface area contributed by atoms with E-state index in [0.717, 1.165) is 13.0 Å². The van der Waals surface area contributed by atoms with Gasteiger partial charge in [-0.3, -0.25) is 0 Å². The lowest BCUT2D eigenvalue weighted by Gasteiger charge is -2.28. The largest absolute Gasteiger partial charge is 0.478 e. The van der Waals surface area contributed by atoms with Crippen molar-refractivity contribution in [3.05, 3.63) is 57.4 Å². The number of carbonyl (C=O) groups excluding carboxylic acids is 1. The number of allylic oxidation sites excluding steroid dienone is 1. The summed E-state index contributed by atoms with van der Waals surface area (Å²) in [7, 11) is 0. The Morgan fingerprint density at radius 1 is 1.42 bits per heavy atom. The minimum Gasteiger partial charge on any atom is -0.478 e. The molecule has 0 saturated carbocycles. The molecule has 5 nitrogen and oxygen atoms in total. The molecule has 1 unspecified atom stereocenters. The maximum absolute atomic E-state index is 14.2. The third-order valence-corrected chi connectivity index (χ3v) is 4.30. The van der Waals surface area contributed by atoms with Gasteiger partial charge in [0.25, 0.3) is 0 Å². The third kappa shape index (κ3) is 2.73. The molecule has 1 aromatic rings. The Balaban J connectivity index is 2.35. The number of hydrogen-bond donors (Lipinski definition) is 2. The Hall–Kier alpha value is -2.84. The van der Waals surface area contributed by atoms with Crippen molar-refractivity contribution in [2.24, 2.45) is 0 Å². The number of benzene rings is 1. The van der Waals surface area contributed by atoms with E-state index in [1.807, 2.05) is 0 Å². The summed E-state index contributed by atoms with van der Waals surface area (Å²) in [5.41, 5.74) is -2.15. The predicted molar refractivity (Wildman–Crippen MR) is 80.4 cm³/mol. The molecule has 2 heterocycles. The van der Waals surface area contributed by atoms with Gasteiger partial charge in [0.2, 0.25) is 0 Å². The Labute approximate surface area is 144 Å². The first kappa shape index (κ1) is 18.0. The lowest BCUT2D eigenvalue weighted by atomic mass is 9.78. The summed E-state index contributed by atoms with van der Waals surface area (Å²) in [5, 5.41) is 12.0. The summed E-state index contributed by atoms with van der Waals surface area (Å²) in [6.07, 6.45) is -1.93. The van der Waals surface area contributed by atoms with Crippen LogP contribution in [0.15, 0.2) is 34.7 Å². The number of carboxylic acids is 1. The van der Waals surface area contributed by atoms with Crippen molar-refractivity contribution in [2.45, 2.75) is 19.0 Å². The average molecular weight is 371 g/mol. The number of carbonyl (C=O) groups is 2. The van der Waals surface area contributed by atoms with Gasteiger partial charge in [0.05, 0.1) is 28.5 Å². The Bertz CT molecular complexity index is 876. The second-order valence-electron chi connectivity index (χ2n) is 5.86. The summed E-state index contributed by atoms with van der Waals surface area (Å²) in [5.74, 6) is -6.41. The van der Waals surface area contributed by atoms with Crippen molar-refractivity contribution in [1.82, 2.24) is 5.32 Å². The zero-order valence-electron chi connectivity index (χ0n) is 13.4. The molecule has 9 heteroatoms. The number of hydrogen-bond acceptors (Lipinski definition) is 4. The van der Waals surface area contributed by atoms with E-state index in [1.165, 1.54) is 0 Å². The maximum atomic E-state index is 14.2. The molecule has 0 spiro atoms. The minimum absolute atomic E-state index is 0.0831. The van der Waals surface area contributed by atoms with E-state index in [9.17, 15) is 32.3 Å². The number of esters is 1. The molecule has 0 radical (unpaired) electrons. The molecule has 0 fully saturated rings. The highest BCUT2D eigenvalue weighted by molar-refractivity contribution is 6.00. The molecule has 0 amide bonds. The van der Waals surface area contributed by atoms with Crippen molar-refractivity contribution in [3.8, 4) is 0 Å². The van der Waals surface area contributed by atoms with Crippen LogP contribution in [0, 0.1) is 11.6 Å². The number of nitrogens with one attached hydrogen (secondary N) is 1. The first-order valence-electron chi connectivity index (χ1n) is 7.58. The van der Waals surface area contributed by atoms with Crippen molar-refractivity contribution in [3.63, 3.8) is 0 Å². The van der Waals surface area contributed by atoms with Gasteiger partial charge < -0.3 is 15.2 Å². The molecule has 0 aromatic heterocycles. The fraction of sp³-hybridized carbons (Fsp3) is 0.294. The standard InChI is InChI=1S/C17H13F4NO4/c1-6(19)12-8(2-7(20)3-9(12)21)13-14(16(23)24)10(4-18)22-11-5-26-17(25)15(11)13/h2-3,6,13,22H,4-5H2,1H3,(H,23,24)/t6-,13?/m0/s1. The highest BCUT2D eigenvalue weighted by atomic mass is 19.1. The number of aliphatic carboxylic acids is 1. The number of cyclic esters (lactones) is 1. The highest BCUT2D eigenvalue weighted by Crippen LogP contribution is 2.44. The molecule has 0 aliphatic carbocycles. The van der Waals surface area contributed by atoms with Crippen LogP contribution in [0.1, 0.15) is 30.1 Å². The molecule has 0 bridgehead atoms. The first-order chi connectivity index (χ1) is 12.3. The predicted octanol–water partition coefficient (Wildman–Crippen LogP) is 2.80. The molecule has 1 aromatic carbocycles. The molecule has 26 heavy (non-hydrogen) atoms. The number of halogens is 4. The fourth-order valence-electron chi connectivity index (χ4n) is 3.31. The van der Waals surface area contributed by atoms with E-state index in [1.54, 1.807) is 0 Å². The zero-order valence-corrected chi connectivity index (χ0v) is 13.4. The zero-order chi connectivity index (χ0) is 19.2. The van der Waals surface area contributed by atoms with E-state index >= 15 is 0 Å². The maximum Gasteiger partial charge on any atom is 0.337 e. The second kappa shape index (κ2) is 6.47. The van der Waals surface area contributed by atoms with E-state index in [2.05, 4.69) is 5.32 Å². The van der Waals surface area contributed by atoms with Crippen LogP contribution in [-0.4, -0.2) is 30.3 Å². The van der Waals surface area contributed by atoms with Gasteiger partial charge in [0, 0.05) is 11.6 Å². The number of alkyl halides is 2. The molecular weight excluding hydrogens is 358 g/mol. The van der Waals surface area contributed by atoms with Gasteiger partial charge in [0.1, 0.15) is 31.1 Å². The van der Waals surface area contributed by atoms with Crippen LogP contribution in [-0.2, 0) is 14.3 Å². The van der Waals surface area contributed by atoms with Crippen LogP contribution in [0.3, 0.4) is 0 Å². The molecule has 138 valence electrons. The summed E-state index contributed by atoms with van der Waals surface area (Å²) in [6, 6.07) is 1.21. The van der Waals surface area contributed by atoms with Crippen LogP contribution in [0.4, 0.5) is 17.6 Å². The van der Waals surface area contributed by atoms with Crippen molar-refractivity contribution < 1.29 is 37.0 Å². The number of carboxylic acid groups (broad SMARTS) is 1. The van der Waals surface area contributed by atoms with Crippen LogP contribution in [0.5, 0.6) is 0 Å². The molecule has 2 aliphatic heterocycles. The topological polar surface area (TPSA) is 75.6 Å². The van der Waals surface area contributed by atoms with E-state index in [4.69, 9.17) is 4.74 Å². The lowest BCUT2D eigenvalue weighted by molar-refractivity contribution is -0.136. The van der Waals surface area contributed by atoms with Gasteiger partial charge in [-0.1, -0.05) is 0 Å². The van der Waals surface area contributed by atoms with Gasteiger partial charge in [-0.25, -0.2) is 27.2 Å². The second-order valence-corrected chi connectivity index (χ2v) is 5.86. The molecular formula is C17H13F4NO4. The van der Waals surface area contributed by atoms with Crippen LogP contribution in [0.25, 0.3) is 0 Å². The summed E-state index contributed by atoms with van der Waals surface area (Å²) < 4.78 is 60.3. The lowest BCUT2D eigenvalue weighted by Crippen LogP contribution is -2.32. The highest BCUT2D eigenvalue weighted by Gasteiger charge is 2.44. The first-order valence-corrected chi connectivity index (χ1v) is 7.58. The number of dihydropyridines is 1. The quantitative estimate of drug-likeness (QED) is 0.629. The Morgan fingerprint density at radius 3 is 2.69 bits per heavy atom. The third-order valence-electron chi connectivity index (χ3n) is 4.30. The monoisotopic (exact) mass is 371 g/mol. The van der Waals surface area contributed by atoms with Gasteiger partial charge in [0.15, 0.2) is 0 Å². The van der Waals surface area contributed by atoms with E-state index < -0.39 is 59.0 Å². The number of rotatable bonds is 4. The normalized spacial score (nSPS) is 20.7. The van der Waals surface area contributed by atoms with Gasteiger partial charge in [-0.15, -0.1) is 0 Å². The molecule has 2 N–H and O–H groups in total. The fourth-order valence-corrected chi connectivity index (χ4v) is 3.31. The van der Waals surface area contributed by atoms with E-state index in [0.29, 0.717) is 6.07 Å². The SMILES string of the molecule is C[C@H](F)c1c(F)cc(F)cc1C1C(C(=O)O)=C(CF)NC2=C1C(=O)OC2. The Morgan fingerprint density at radius 2 is 2.12 bits per heavy atom. The average Bonchev–Trinajstić information content (AvgIpc) is 2.92. The minimum atomic E-state index is -1.93. The van der Waals surface area contributed by atoms with Crippen molar-refractivity contribution in [1.29, 1.82) is 0 Å². The smallest absolute Gasteiger partial charge is 0.337 e. The van der Waals surface area contributed by atoms with Crippen molar-refractivity contribution >= 4 is 11.9 Å². The van der Waals surface area contributed by atoms with Gasteiger partial charge >= 0.3 is 11.9 Å². The van der Waals surface area contributed by atoms with Crippen LogP contribution < -0.4 is 5.32 Å². The molecule has 3 rings (SSSR count). The summed E-state index contributed by atoms with van der Waals surface area (Å²) >= 11 is 0. The molecule has 2 atom stereocenters. The number of ether oxygens (including phenoxy) is 1. The van der Waals surface area contributed by atoms with E-state index in [-0.39, 0.29) is 23.6 Å². The molecule has 2 aliphatic rings. The van der Waals surface area contributed by atoms with Crippen molar-refractivity contribution in [2.75, 3.05) is 13.3 Å².